The van der Waals surface area contributed by atoms with Crippen LogP contribution in [0.25, 0.3) is 0 Å². The number of nitrogens with zero attached hydrogens (tertiary/aromatic N) is 1. The first-order valence-electron chi connectivity index (χ1n) is 8.63. The van der Waals surface area contributed by atoms with Crippen molar-refractivity contribution in [2.24, 2.45) is 0 Å². The van der Waals surface area contributed by atoms with Crippen LogP contribution in [0.1, 0.15) is 38.5 Å². The van der Waals surface area contributed by atoms with E-state index in [0.717, 1.165) is 38.5 Å². The van der Waals surface area contributed by atoms with Crippen molar-refractivity contribution >= 4 is 17.5 Å². The average molecular weight is 334 g/mol. The number of nitrogens with one attached hydrogen (secondary N) is 1. The lowest BCUT2D eigenvalue weighted by molar-refractivity contribution is -0.146. The van der Waals surface area contributed by atoms with E-state index in [0.29, 0.717) is 13.2 Å². The highest BCUT2D eigenvalue weighted by atomic mass is 19.1. The Balaban J connectivity index is 1.69. The molecule has 2 amide bonds. The van der Waals surface area contributed by atoms with Crippen LogP contribution in [0.15, 0.2) is 24.3 Å². The summed E-state index contributed by atoms with van der Waals surface area (Å²) in [6, 6.07) is 5.93. The second-order valence-corrected chi connectivity index (χ2v) is 6.46. The zero-order chi connectivity index (χ0) is 16.9. The van der Waals surface area contributed by atoms with Gasteiger partial charge >= 0.3 is 11.8 Å². The molecule has 0 spiro atoms. The molecule has 24 heavy (non-hydrogen) atoms. The summed E-state index contributed by atoms with van der Waals surface area (Å²) in [6.45, 7) is 1.15. The van der Waals surface area contributed by atoms with Crippen molar-refractivity contribution in [1.82, 2.24) is 4.90 Å². The molecule has 1 aliphatic carbocycles. The van der Waals surface area contributed by atoms with E-state index in [1.54, 1.807) is 11.0 Å². The van der Waals surface area contributed by atoms with E-state index in [9.17, 15) is 14.0 Å². The van der Waals surface area contributed by atoms with Gasteiger partial charge in [-0.3, -0.25) is 9.59 Å². The SMILES string of the molecule is O=C(Nc1ccccc1F)C(=O)N(C[C@H]1CCCO1)C1CCCC1. The maximum absolute atomic E-state index is 13.7. The molecule has 0 radical (unpaired) electrons. The molecule has 0 unspecified atom stereocenters. The molecule has 6 heteroatoms. The smallest absolute Gasteiger partial charge is 0.313 e. The zero-order valence-corrected chi connectivity index (χ0v) is 13.7. The first-order valence-corrected chi connectivity index (χ1v) is 8.63. The quantitative estimate of drug-likeness (QED) is 0.861. The van der Waals surface area contributed by atoms with Gasteiger partial charge in [-0.15, -0.1) is 0 Å². The van der Waals surface area contributed by atoms with Gasteiger partial charge in [-0.25, -0.2) is 4.39 Å². The number of benzene rings is 1. The predicted molar refractivity (Wildman–Crippen MR) is 88.0 cm³/mol. The molecule has 2 aliphatic rings. The van der Waals surface area contributed by atoms with E-state index in [1.807, 2.05) is 0 Å². The van der Waals surface area contributed by atoms with Crippen LogP contribution in [0, 0.1) is 5.82 Å². The van der Waals surface area contributed by atoms with Crippen LogP contribution >= 0.6 is 0 Å². The summed E-state index contributed by atoms with van der Waals surface area (Å²) in [6.07, 6.45) is 5.83. The van der Waals surface area contributed by atoms with Gasteiger partial charge in [-0.05, 0) is 37.8 Å². The minimum Gasteiger partial charge on any atom is -0.376 e. The van der Waals surface area contributed by atoms with Gasteiger partial charge < -0.3 is 15.0 Å². The summed E-state index contributed by atoms with van der Waals surface area (Å²) < 4.78 is 19.3. The molecule has 5 nitrogen and oxygen atoms in total. The standard InChI is InChI=1S/C18H23FN2O3/c19-15-9-3-4-10-16(15)20-17(22)18(23)21(13-6-1-2-7-13)12-14-8-5-11-24-14/h3-4,9-10,13-14H,1-2,5-8,11-12H2,(H,20,22)/t14-/m1/s1. The third-order valence-electron chi connectivity index (χ3n) is 4.77. The van der Waals surface area contributed by atoms with Gasteiger partial charge in [0.2, 0.25) is 0 Å². The van der Waals surface area contributed by atoms with Crippen molar-refractivity contribution in [2.75, 3.05) is 18.5 Å². The predicted octanol–water partition coefficient (Wildman–Crippen LogP) is 2.71. The Bertz CT molecular complexity index is 596. The number of ether oxygens (including phenoxy) is 1. The Labute approximate surface area is 141 Å². The van der Waals surface area contributed by atoms with Gasteiger partial charge in [-0.2, -0.15) is 0 Å². The molecular weight excluding hydrogens is 311 g/mol. The molecule has 1 saturated carbocycles. The lowest BCUT2D eigenvalue weighted by atomic mass is 10.1. The van der Waals surface area contributed by atoms with Crippen LogP contribution in [-0.4, -0.2) is 42.0 Å². The minimum atomic E-state index is -0.787. The van der Waals surface area contributed by atoms with Crippen LogP contribution in [0.3, 0.4) is 0 Å². The van der Waals surface area contributed by atoms with Gasteiger partial charge in [0.05, 0.1) is 11.8 Å². The molecule has 1 N–H and O–H groups in total. The Morgan fingerprint density at radius 1 is 1.17 bits per heavy atom. The third-order valence-corrected chi connectivity index (χ3v) is 4.77. The molecule has 1 aromatic rings. The highest BCUT2D eigenvalue weighted by molar-refractivity contribution is 6.39. The van der Waals surface area contributed by atoms with Crippen LogP contribution < -0.4 is 5.32 Å². The topological polar surface area (TPSA) is 58.6 Å². The van der Waals surface area contributed by atoms with Crippen molar-refractivity contribution in [2.45, 2.75) is 50.7 Å². The summed E-state index contributed by atoms with van der Waals surface area (Å²) in [5.74, 6) is -1.93. The number of hydrogen-bond acceptors (Lipinski definition) is 3. The van der Waals surface area contributed by atoms with Gasteiger partial charge in [-0.1, -0.05) is 25.0 Å². The third kappa shape index (κ3) is 3.93. The lowest BCUT2D eigenvalue weighted by Crippen LogP contribution is -2.48. The summed E-state index contributed by atoms with van der Waals surface area (Å²) >= 11 is 0. The molecular formula is C18H23FN2O3. The first kappa shape index (κ1) is 16.9. The van der Waals surface area contributed by atoms with Crippen molar-refractivity contribution in [3.05, 3.63) is 30.1 Å². The van der Waals surface area contributed by atoms with E-state index >= 15 is 0 Å². The number of rotatable bonds is 4. The molecule has 0 aromatic heterocycles. The van der Waals surface area contributed by atoms with Crippen LogP contribution in [0.4, 0.5) is 10.1 Å². The van der Waals surface area contributed by atoms with Gasteiger partial charge in [0.15, 0.2) is 0 Å². The molecule has 1 atom stereocenters. The molecule has 1 aliphatic heterocycles. The molecule has 0 bridgehead atoms. The van der Waals surface area contributed by atoms with Crippen LogP contribution in [0.2, 0.25) is 0 Å². The van der Waals surface area contributed by atoms with E-state index in [-0.39, 0.29) is 17.8 Å². The van der Waals surface area contributed by atoms with Gasteiger partial charge in [0.1, 0.15) is 5.82 Å². The van der Waals surface area contributed by atoms with Gasteiger partial charge in [0, 0.05) is 19.2 Å². The second-order valence-electron chi connectivity index (χ2n) is 6.46. The lowest BCUT2D eigenvalue weighted by Gasteiger charge is -2.30. The Hall–Kier alpha value is -1.95. The minimum absolute atomic E-state index is 0.00388. The Kier molecular flexibility index (Phi) is 5.45. The van der Waals surface area contributed by atoms with Crippen molar-refractivity contribution < 1.29 is 18.7 Å². The highest BCUT2D eigenvalue weighted by Gasteiger charge is 2.33. The van der Waals surface area contributed by atoms with E-state index in [2.05, 4.69) is 5.32 Å². The second kappa shape index (κ2) is 7.75. The fourth-order valence-corrected chi connectivity index (χ4v) is 3.49. The average Bonchev–Trinajstić information content (AvgIpc) is 3.27. The zero-order valence-electron chi connectivity index (χ0n) is 13.7. The summed E-state index contributed by atoms with van der Waals surface area (Å²) in [5, 5.41) is 2.39. The summed E-state index contributed by atoms with van der Waals surface area (Å²) in [4.78, 5) is 26.6. The number of para-hydroxylation sites is 1. The number of hydrogen-bond donors (Lipinski definition) is 1. The maximum atomic E-state index is 13.7. The molecule has 2 fully saturated rings. The molecule has 130 valence electrons. The van der Waals surface area contributed by atoms with E-state index < -0.39 is 17.6 Å². The fourth-order valence-electron chi connectivity index (χ4n) is 3.49. The van der Waals surface area contributed by atoms with Crippen molar-refractivity contribution in [1.29, 1.82) is 0 Å². The fraction of sp³-hybridized carbons (Fsp3) is 0.556. The molecule has 1 heterocycles. The number of amides is 2. The van der Waals surface area contributed by atoms with E-state index in [4.69, 9.17) is 4.74 Å². The van der Waals surface area contributed by atoms with Crippen LogP contribution in [0.5, 0.6) is 0 Å². The van der Waals surface area contributed by atoms with Crippen molar-refractivity contribution in [3.63, 3.8) is 0 Å². The Morgan fingerprint density at radius 3 is 2.58 bits per heavy atom. The highest BCUT2D eigenvalue weighted by Crippen LogP contribution is 2.26. The molecule has 1 saturated heterocycles. The largest absolute Gasteiger partial charge is 0.376 e. The maximum Gasteiger partial charge on any atom is 0.313 e. The first-order chi connectivity index (χ1) is 11.6. The Morgan fingerprint density at radius 2 is 1.92 bits per heavy atom. The number of halogens is 1. The molecule has 3 rings (SSSR count). The summed E-state index contributed by atoms with van der Waals surface area (Å²) in [7, 11) is 0. The van der Waals surface area contributed by atoms with Crippen LogP contribution in [-0.2, 0) is 14.3 Å². The number of anilines is 1. The molecule has 1 aromatic carbocycles. The number of carbonyl (C=O) groups excluding carboxylic acids is 2. The summed E-state index contributed by atoms with van der Waals surface area (Å²) in [5.41, 5.74) is 0.0272. The van der Waals surface area contributed by atoms with Crippen molar-refractivity contribution in [3.8, 4) is 0 Å². The van der Waals surface area contributed by atoms with Gasteiger partial charge in [0.25, 0.3) is 0 Å². The normalized spacial score (nSPS) is 21.0. The van der Waals surface area contributed by atoms with E-state index in [1.165, 1.54) is 18.2 Å². The number of carbonyl (C=O) groups is 2. The monoisotopic (exact) mass is 334 g/mol.